The molecule has 0 saturated carbocycles. The van der Waals surface area contributed by atoms with E-state index in [2.05, 4.69) is 26.1 Å². The Kier molecular flexibility index (Phi) is 4.32. The van der Waals surface area contributed by atoms with Gasteiger partial charge in [-0.05, 0) is 37.3 Å². The monoisotopic (exact) mass is 333 g/mol. The summed E-state index contributed by atoms with van der Waals surface area (Å²) in [5.74, 6) is -0.0524. The molecule has 0 radical (unpaired) electrons. The van der Waals surface area contributed by atoms with Crippen molar-refractivity contribution in [3.8, 4) is 0 Å². The summed E-state index contributed by atoms with van der Waals surface area (Å²) in [6, 6.07) is 5.01. The summed E-state index contributed by atoms with van der Waals surface area (Å²) in [6.45, 7) is 8.25. The first-order valence-corrected chi connectivity index (χ1v) is 9.12. The number of halogens is 1. The normalized spacial score (nSPS) is 21.9. The van der Waals surface area contributed by atoms with Crippen molar-refractivity contribution in [1.29, 1.82) is 0 Å². The molecule has 1 saturated heterocycles. The molecule has 4 heteroatoms. The maximum atomic E-state index is 13.9. The smallest absolute Gasteiger partial charge is 0.171 e. The molecule has 3 rings (SSSR count). The minimum atomic E-state index is -0.340. The van der Waals surface area contributed by atoms with Crippen LogP contribution in [0.2, 0.25) is 0 Å². The lowest BCUT2D eigenvalue weighted by atomic mass is 9.72. The Hall–Kier alpha value is -1.26. The zero-order chi connectivity index (χ0) is 16.7. The van der Waals surface area contributed by atoms with Crippen LogP contribution in [0.25, 0.3) is 10.1 Å². The molecule has 0 bridgehead atoms. The highest BCUT2D eigenvalue weighted by Crippen LogP contribution is 2.41. The molecule has 0 aliphatic carbocycles. The summed E-state index contributed by atoms with van der Waals surface area (Å²) in [6.07, 6.45) is 2.76. The van der Waals surface area contributed by atoms with Gasteiger partial charge in [0.05, 0.1) is 4.70 Å². The fourth-order valence-corrected chi connectivity index (χ4v) is 4.32. The second-order valence-electron chi connectivity index (χ2n) is 7.86. The van der Waals surface area contributed by atoms with Gasteiger partial charge in [-0.25, -0.2) is 4.39 Å². The van der Waals surface area contributed by atoms with E-state index in [1.54, 1.807) is 6.07 Å². The van der Waals surface area contributed by atoms with E-state index in [-0.39, 0.29) is 22.4 Å². The number of Topliss-reactive ketones (excluding diaryl/α,β-unsaturated/α-hetero) is 1. The predicted octanol–water partition coefficient (Wildman–Crippen LogP) is 5.03. The van der Waals surface area contributed by atoms with Gasteiger partial charge in [0, 0.05) is 28.3 Å². The topological polar surface area (TPSA) is 29.1 Å². The van der Waals surface area contributed by atoms with Crippen LogP contribution in [0, 0.1) is 16.6 Å². The molecule has 0 spiro atoms. The van der Waals surface area contributed by atoms with Gasteiger partial charge in [0.25, 0.3) is 0 Å². The van der Waals surface area contributed by atoms with Crippen LogP contribution in [0.5, 0.6) is 0 Å². The second kappa shape index (κ2) is 5.99. The van der Waals surface area contributed by atoms with Gasteiger partial charge in [-0.3, -0.25) is 4.79 Å². The highest BCUT2D eigenvalue weighted by molar-refractivity contribution is 7.17. The number of carbonyl (C=O) groups excluding carboxylic acids is 1. The first kappa shape index (κ1) is 16.6. The summed E-state index contributed by atoms with van der Waals surface area (Å²) >= 11 is 1.33. The minimum Gasteiger partial charge on any atom is -0.316 e. The van der Waals surface area contributed by atoms with Gasteiger partial charge < -0.3 is 5.32 Å². The standard InChI is InChI=1S/C19H24FNOS/c1-18(2,3)7-8-19(9-10-21-12-19)17(22)14-11-23-16-13(14)5-4-6-15(16)20/h4-6,11,21H,7-10,12H2,1-3H3. The highest BCUT2D eigenvalue weighted by Gasteiger charge is 2.42. The third-order valence-electron chi connectivity index (χ3n) is 4.88. The van der Waals surface area contributed by atoms with Gasteiger partial charge in [-0.1, -0.05) is 32.9 Å². The van der Waals surface area contributed by atoms with Gasteiger partial charge in [0.1, 0.15) is 5.82 Å². The molecule has 1 aliphatic rings. The van der Waals surface area contributed by atoms with E-state index in [9.17, 15) is 9.18 Å². The Morgan fingerprint density at radius 2 is 2.17 bits per heavy atom. The second-order valence-corrected chi connectivity index (χ2v) is 8.74. The van der Waals surface area contributed by atoms with Crippen molar-refractivity contribution < 1.29 is 9.18 Å². The Morgan fingerprint density at radius 1 is 1.39 bits per heavy atom. The molecular weight excluding hydrogens is 309 g/mol. The lowest BCUT2D eigenvalue weighted by molar-refractivity contribution is 0.0786. The van der Waals surface area contributed by atoms with E-state index in [0.717, 1.165) is 37.7 Å². The van der Waals surface area contributed by atoms with E-state index in [0.29, 0.717) is 10.3 Å². The van der Waals surface area contributed by atoms with Gasteiger partial charge in [-0.2, -0.15) is 0 Å². The van der Waals surface area contributed by atoms with Crippen molar-refractivity contribution in [2.24, 2.45) is 10.8 Å². The number of carbonyl (C=O) groups is 1. The number of hydrogen-bond acceptors (Lipinski definition) is 3. The molecule has 2 nitrogen and oxygen atoms in total. The largest absolute Gasteiger partial charge is 0.316 e. The SMILES string of the molecule is CC(C)(C)CCC1(C(=O)c2csc3c(F)cccc23)CCNC1. The molecule has 124 valence electrons. The molecule has 1 unspecified atom stereocenters. The molecule has 23 heavy (non-hydrogen) atoms. The number of hydrogen-bond donors (Lipinski definition) is 1. The molecule has 1 aliphatic heterocycles. The molecule has 1 fully saturated rings. The predicted molar refractivity (Wildman–Crippen MR) is 94.7 cm³/mol. The number of fused-ring (bicyclic) bond motifs is 1. The quantitative estimate of drug-likeness (QED) is 0.795. The number of nitrogens with one attached hydrogen (secondary N) is 1. The third kappa shape index (κ3) is 3.20. The lowest BCUT2D eigenvalue weighted by Gasteiger charge is -2.30. The Bertz CT molecular complexity index is 723. The molecule has 2 heterocycles. The summed E-state index contributed by atoms with van der Waals surface area (Å²) in [4.78, 5) is 13.3. The van der Waals surface area contributed by atoms with E-state index < -0.39 is 0 Å². The van der Waals surface area contributed by atoms with Crippen LogP contribution < -0.4 is 5.32 Å². The molecule has 1 N–H and O–H groups in total. The average Bonchev–Trinajstić information content (AvgIpc) is 3.12. The van der Waals surface area contributed by atoms with Crippen LogP contribution in [0.4, 0.5) is 4.39 Å². The van der Waals surface area contributed by atoms with E-state index in [1.165, 1.54) is 17.4 Å². The summed E-state index contributed by atoms with van der Waals surface area (Å²) in [7, 11) is 0. The van der Waals surface area contributed by atoms with Gasteiger partial charge in [-0.15, -0.1) is 11.3 Å². The van der Waals surface area contributed by atoms with Crippen LogP contribution in [0.15, 0.2) is 23.6 Å². The van der Waals surface area contributed by atoms with Crippen LogP contribution >= 0.6 is 11.3 Å². The van der Waals surface area contributed by atoms with E-state index >= 15 is 0 Å². The van der Waals surface area contributed by atoms with Crippen molar-refractivity contribution in [2.45, 2.75) is 40.0 Å². The Morgan fingerprint density at radius 3 is 2.83 bits per heavy atom. The number of benzene rings is 1. The van der Waals surface area contributed by atoms with Crippen molar-refractivity contribution in [3.63, 3.8) is 0 Å². The third-order valence-corrected chi connectivity index (χ3v) is 5.88. The summed E-state index contributed by atoms with van der Waals surface area (Å²) in [5, 5.41) is 5.97. The van der Waals surface area contributed by atoms with E-state index in [1.807, 2.05) is 11.4 Å². The lowest BCUT2D eigenvalue weighted by Crippen LogP contribution is -2.34. The van der Waals surface area contributed by atoms with Crippen molar-refractivity contribution in [3.05, 3.63) is 35.0 Å². The zero-order valence-corrected chi connectivity index (χ0v) is 14.9. The van der Waals surface area contributed by atoms with Crippen molar-refractivity contribution in [2.75, 3.05) is 13.1 Å². The number of rotatable bonds is 4. The molecule has 1 aromatic heterocycles. The first-order valence-electron chi connectivity index (χ1n) is 8.24. The first-order chi connectivity index (χ1) is 10.8. The van der Waals surface area contributed by atoms with Gasteiger partial charge in [0.2, 0.25) is 0 Å². The number of ketones is 1. The molecule has 1 atom stereocenters. The number of thiophene rings is 1. The Labute approximate surface area is 141 Å². The van der Waals surface area contributed by atoms with Crippen LogP contribution in [-0.2, 0) is 0 Å². The molecule has 0 amide bonds. The summed E-state index contributed by atoms with van der Waals surface area (Å²) < 4.78 is 14.5. The van der Waals surface area contributed by atoms with E-state index in [4.69, 9.17) is 0 Å². The van der Waals surface area contributed by atoms with Crippen molar-refractivity contribution >= 4 is 27.2 Å². The van der Waals surface area contributed by atoms with Gasteiger partial charge in [0.15, 0.2) is 5.78 Å². The van der Waals surface area contributed by atoms with Crippen LogP contribution in [0.3, 0.4) is 0 Å². The minimum absolute atomic E-state index is 0.184. The maximum Gasteiger partial charge on any atom is 0.171 e. The zero-order valence-electron chi connectivity index (χ0n) is 14.0. The fourth-order valence-electron chi connectivity index (χ4n) is 3.36. The maximum absolute atomic E-state index is 13.9. The van der Waals surface area contributed by atoms with Crippen LogP contribution in [-0.4, -0.2) is 18.9 Å². The highest BCUT2D eigenvalue weighted by atomic mass is 32.1. The fraction of sp³-hybridized carbons (Fsp3) is 0.526. The molecule has 2 aromatic rings. The molecule has 1 aromatic carbocycles. The van der Waals surface area contributed by atoms with Crippen LogP contribution in [0.1, 0.15) is 50.4 Å². The summed E-state index contributed by atoms with van der Waals surface area (Å²) in [5.41, 5.74) is 0.564. The molecular formula is C19H24FNOS. The average molecular weight is 333 g/mol. The van der Waals surface area contributed by atoms with Gasteiger partial charge >= 0.3 is 0 Å². The Balaban J connectivity index is 1.96. The van der Waals surface area contributed by atoms with Crippen molar-refractivity contribution in [1.82, 2.24) is 5.32 Å².